The quantitative estimate of drug-likeness (QED) is 0.575. The van der Waals surface area contributed by atoms with Crippen LogP contribution < -0.4 is 0 Å². The molecule has 1 N–H and O–H groups in total. The Balaban J connectivity index is 4.52. The molecule has 80 valence electrons. The van der Waals surface area contributed by atoms with Crippen LogP contribution in [0.4, 0.5) is 30.7 Å². The van der Waals surface area contributed by atoms with Crippen LogP contribution in [0.5, 0.6) is 0 Å². The summed E-state index contributed by atoms with van der Waals surface area (Å²) in [7, 11) is 0. The summed E-state index contributed by atoms with van der Waals surface area (Å²) in [5.41, 5.74) is 0. The second-order valence-electron chi connectivity index (χ2n) is 1.94. The average Bonchev–Trinajstić information content (AvgIpc) is 1.83. The second-order valence-corrected chi connectivity index (χ2v) is 1.94. The summed E-state index contributed by atoms with van der Waals surface area (Å²) >= 11 is 0. The van der Waals surface area contributed by atoms with Crippen LogP contribution in [-0.2, 0) is 4.74 Å². The maximum absolute atomic E-state index is 11.8. The van der Waals surface area contributed by atoms with E-state index in [1.807, 2.05) is 0 Å². The SMILES string of the molecule is OC(F)(CF)OC(F)(F)C(F)(F)F. The van der Waals surface area contributed by atoms with E-state index in [-0.39, 0.29) is 0 Å². The van der Waals surface area contributed by atoms with Gasteiger partial charge in [0.25, 0.3) is 0 Å². The van der Waals surface area contributed by atoms with Gasteiger partial charge in [0.15, 0.2) is 6.67 Å². The average molecular weight is 216 g/mol. The zero-order valence-corrected chi connectivity index (χ0v) is 5.71. The lowest BCUT2D eigenvalue weighted by Crippen LogP contribution is -2.47. The van der Waals surface area contributed by atoms with E-state index in [4.69, 9.17) is 5.11 Å². The highest BCUT2D eigenvalue weighted by molar-refractivity contribution is 4.66. The van der Waals surface area contributed by atoms with Crippen molar-refractivity contribution in [2.24, 2.45) is 0 Å². The minimum atomic E-state index is -6.22. The first-order valence-corrected chi connectivity index (χ1v) is 2.64. The number of ether oxygens (including phenoxy) is 1. The first kappa shape index (κ1) is 12.4. The topological polar surface area (TPSA) is 29.5 Å². The van der Waals surface area contributed by atoms with Crippen LogP contribution >= 0.6 is 0 Å². The molecule has 0 saturated carbocycles. The summed E-state index contributed by atoms with van der Waals surface area (Å²) in [6, 6.07) is -4.65. The maximum Gasteiger partial charge on any atom is 0.483 e. The number of aliphatic hydroxyl groups is 1. The molecule has 0 spiro atoms. The molecule has 0 rings (SSSR count). The number of hydrogen-bond acceptors (Lipinski definition) is 2. The van der Waals surface area contributed by atoms with Gasteiger partial charge in [-0.15, -0.1) is 0 Å². The molecule has 9 heteroatoms. The van der Waals surface area contributed by atoms with E-state index < -0.39 is 25.0 Å². The molecule has 1 atom stereocenters. The van der Waals surface area contributed by atoms with Crippen molar-refractivity contribution >= 4 is 0 Å². The minimum absolute atomic E-state index is 2.19. The molecule has 0 aromatic carbocycles. The molecule has 0 heterocycles. The Morgan fingerprint density at radius 2 is 1.38 bits per heavy atom. The maximum atomic E-state index is 11.8. The van der Waals surface area contributed by atoms with Crippen LogP contribution in [0.25, 0.3) is 0 Å². The molecule has 0 aliphatic rings. The van der Waals surface area contributed by atoms with Crippen molar-refractivity contribution in [3.63, 3.8) is 0 Å². The highest BCUT2D eigenvalue weighted by Crippen LogP contribution is 2.39. The monoisotopic (exact) mass is 216 g/mol. The van der Waals surface area contributed by atoms with Crippen LogP contribution in [0.3, 0.4) is 0 Å². The van der Waals surface area contributed by atoms with Gasteiger partial charge in [0.2, 0.25) is 0 Å². The molecule has 1 unspecified atom stereocenters. The smallest absolute Gasteiger partial charge is 0.338 e. The summed E-state index contributed by atoms with van der Waals surface area (Å²) < 4.78 is 82.3. The molecule has 0 radical (unpaired) electrons. The van der Waals surface area contributed by atoms with Crippen LogP contribution in [0, 0.1) is 0 Å². The summed E-state index contributed by atoms with van der Waals surface area (Å²) in [5.74, 6) is 0. The highest BCUT2D eigenvalue weighted by atomic mass is 19.4. The summed E-state index contributed by atoms with van der Waals surface area (Å²) in [6.45, 7) is -2.54. The Bertz CT molecular complexity index is 174. The van der Waals surface area contributed by atoms with E-state index in [1.54, 1.807) is 0 Å². The van der Waals surface area contributed by atoms with Gasteiger partial charge in [-0.05, 0) is 0 Å². The van der Waals surface area contributed by atoms with E-state index in [1.165, 1.54) is 0 Å². The van der Waals surface area contributed by atoms with Crippen LogP contribution in [-0.4, -0.2) is 30.1 Å². The summed E-state index contributed by atoms with van der Waals surface area (Å²) in [4.78, 5) is 0. The van der Waals surface area contributed by atoms with Gasteiger partial charge in [0.1, 0.15) is 0 Å². The molecule has 0 aromatic heterocycles. The Morgan fingerprint density at radius 1 is 1.00 bits per heavy atom. The van der Waals surface area contributed by atoms with Crippen molar-refractivity contribution in [1.82, 2.24) is 0 Å². The first-order chi connectivity index (χ1) is 5.52. The van der Waals surface area contributed by atoms with Crippen molar-refractivity contribution in [1.29, 1.82) is 0 Å². The predicted octanol–water partition coefficient (Wildman–Crippen LogP) is 1.74. The van der Waals surface area contributed by atoms with Gasteiger partial charge < -0.3 is 5.11 Å². The van der Waals surface area contributed by atoms with Gasteiger partial charge in [0, 0.05) is 0 Å². The molecule has 2 nitrogen and oxygen atoms in total. The van der Waals surface area contributed by atoms with E-state index in [0.717, 1.165) is 0 Å². The van der Waals surface area contributed by atoms with E-state index in [0.29, 0.717) is 0 Å². The van der Waals surface area contributed by atoms with Crippen molar-refractivity contribution in [3.8, 4) is 0 Å². The Morgan fingerprint density at radius 3 is 1.62 bits per heavy atom. The lowest BCUT2D eigenvalue weighted by Gasteiger charge is -2.24. The van der Waals surface area contributed by atoms with Gasteiger partial charge in [-0.3, -0.25) is 0 Å². The van der Waals surface area contributed by atoms with Gasteiger partial charge in [-0.2, -0.15) is 26.3 Å². The largest absolute Gasteiger partial charge is 0.483 e. The summed E-state index contributed by atoms with van der Waals surface area (Å²) in [6.07, 6.45) is -12.2. The molecule has 0 amide bonds. The second kappa shape index (κ2) is 3.29. The number of hydrogen-bond donors (Lipinski definition) is 1. The third kappa shape index (κ3) is 3.35. The zero-order chi connectivity index (χ0) is 10.9. The minimum Gasteiger partial charge on any atom is -0.338 e. The number of halogens is 7. The van der Waals surface area contributed by atoms with Crippen LogP contribution in [0.2, 0.25) is 0 Å². The Hall–Kier alpha value is -0.570. The van der Waals surface area contributed by atoms with Crippen molar-refractivity contribution < 1.29 is 40.6 Å². The first-order valence-electron chi connectivity index (χ1n) is 2.64. The molecule has 0 aliphatic heterocycles. The van der Waals surface area contributed by atoms with Crippen LogP contribution in [0.15, 0.2) is 0 Å². The third-order valence-corrected chi connectivity index (χ3v) is 0.779. The Labute approximate surface area is 66.9 Å². The van der Waals surface area contributed by atoms with Gasteiger partial charge in [0.05, 0.1) is 0 Å². The summed E-state index contributed by atoms with van der Waals surface area (Å²) in [5, 5.41) is 7.78. The van der Waals surface area contributed by atoms with Gasteiger partial charge in [-0.25, -0.2) is 9.13 Å². The fourth-order valence-electron chi connectivity index (χ4n) is 0.282. The fourth-order valence-corrected chi connectivity index (χ4v) is 0.282. The van der Waals surface area contributed by atoms with Crippen LogP contribution in [0.1, 0.15) is 0 Å². The van der Waals surface area contributed by atoms with Gasteiger partial charge in [-0.1, -0.05) is 0 Å². The molecular weight excluding hydrogens is 213 g/mol. The molecule has 0 bridgehead atoms. The normalized spacial score (nSPS) is 18.5. The lowest BCUT2D eigenvalue weighted by molar-refractivity contribution is -0.472. The van der Waals surface area contributed by atoms with E-state index in [2.05, 4.69) is 4.74 Å². The van der Waals surface area contributed by atoms with Crippen molar-refractivity contribution in [2.45, 2.75) is 18.3 Å². The standard InChI is InChI=1S/C4H3F7O2/c5-1-2(6,12)13-4(10,11)3(7,8)9/h12H,1H2. The third-order valence-electron chi connectivity index (χ3n) is 0.779. The van der Waals surface area contributed by atoms with E-state index >= 15 is 0 Å². The Kier molecular flexibility index (Phi) is 3.15. The molecule has 0 aliphatic carbocycles. The van der Waals surface area contributed by atoms with Crippen molar-refractivity contribution in [3.05, 3.63) is 0 Å². The molecule has 0 saturated heterocycles. The molecule has 13 heavy (non-hydrogen) atoms. The number of rotatable bonds is 3. The lowest BCUT2D eigenvalue weighted by atomic mass is 10.5. The van der Waals surface area contributed by atoms with E-state index in [9.17, 15) is 30.7 Å². The fraction of sp³-hybridized carbons (Fsp3) is 1.00. The molecule has 0 aromatic rings. The predicted molar refractivity (Wildman–Crippen MR) is 24.1 cm³/mol. The number of alkyl halides is 7. The molecular formula is C4H3F7O2. The van der Waals surface area contributed by atoms with Crippen molar-refractivity contribution in [2.75, 3.05) is 6.67 Å². The van der Waals surface area contributed by atoms with Gasteiger partial charge >= 0.3 is 18.3 Å². The molecule has 0 fully saturated rings. The highest BCUT2D eigenvalue weighted by Gasteiger charge is 2.63. The zero-order valence-electron chi connectivity index (χ0n) is 5.71.